The van der Waals surface area contributed by atoms with Gasteiger partial charge in [-0.1, -0.05) is 0 Å². The van der Waals surface area contributed by atoms with Gasteiger partial charge in [-0.2, -0.15) is 0 Å². The third kappa shape index (κ3) is 1.12. The molecule has 0 saturated heterocycles. The van der Waals surface area contributed by atoms with Gasteiger partial charge in [0.1, 0.15) is 0 Å². The molecule has 0 saturated carbocycles. The minimum atomic E-state index is -0.614. The molecule has 0 fully saturated rings. The maximum atomic E-state index is 10.7. The van der Waals surface area contributed by atoms with Gasteiger partial charge in [0.15, 0.2) is 0 Å². The Balaban J connectivity index is 2.93. The number of rotatable bonds is 1. The molecule has 0 atom stereocenters. The smallest absolute Gasteiger partial charge is 0.339 e. The molecule has 5 nitrogen and oxygen atoms in total. The van der Waals surface area contributed by atoms with Crippen LogP contribution in [0, 0.1) is 17.0 Å². The van der Waals surface area contributed by atoms with E-state index < -0.39 is 10.8 Å². The van der Waals surface area contributed by atoms with E-state index in [1.54, 1.807) is 18.4 Å². The van der Waals surface area contributed by atoms with E-state index in [4.69, 9.17) is 0 Å². The van der Waals surface area contributed by atoms with Gasteiger partial charge in [-0.05, 0) is 18.4 Å². The molecule has 2 heterocycles. The fourth-order valence-corrected chi connectivity index (χ4v) is 2.19. The van der Waals surface area contributed by atoms with Crippen molar-refractivity contribution in [2.45, 2.75) is 6.92 Å². The van der Waals surface area contributed by atoms with Crippen LogP contribution >= 0.6 is 11.3 Å². The Hall–Kier alpha value is -1.69. The highest BCUT2D eigenvalue weighted by Crippen LogP contribution is 2.36. The minimum Gasteiger partial charge on any atom is -0.488 e. The number of aryl methyl sites for hydroxylation is 1. The standard InChI is InChI=1S/C8H6N2O3S/c1-4-7-5(2-3-14-7)6(10(12)13)8(11)9-4/h2-3H,1H3,(H,9,11). The molecule has 0 aromatic carbocycles. The van der Waals surface area contributed by atoms with Gasteiger partial charge in [0.2, 0.25) is 0 Å². The van der Waals surface area contributed by atoms with Crippen LogP contribution in [-0.4, -0.2) is 15.0 Å². The van der Waals surface area contributed by atoms with Crippen molar-refractivity contribution >= 4 is 27.1 Å². The first kappa shape index (κ1) is 8.89. The summed E-state index contributed by atoms with van der Waals surface area (Å²) in [5.41, 5.74) is 0.296. The molecule has 6 heteroatoms. The third-order valence-corrected chi connectivity index (χ3v) is 2.94. The van der Waals surface area contributed by atoms with E-state index in [2.05, 4.69) is 4.98 Å². The second-order valence-corrected chi connectivity index (χ2v) is 3.71. The van der Waals surface area contributed by atoms with E-state index in [1.165, 1.54) is 11.3 Å². The van der Waals surface area contributed by atoms with Gasteiger partial charge in [0, 0.05) is 0 Å². The van der Waals surface area contributed by atoms with Gasteiger partial charge in [-0.3, -0.25) is 10.1 Å². The Morgan fingerprint density at radius 2 is 2.36 bits per heavy atom. The first-order valence-corrected chi connectivity index (χ1v) is 4.70. The van der Waals surface area contributed by atoms with Crippen molar-refractivity contribution < 1.29 is 10.0 Å². The lowest BCUT2D eigenvalue weighted by Gasteiger charge is -1.99. The predicted octanol–water partition coefficient (Wildman–Crippen LogP) is 2.22. The SMILES string of the molecule is Cc1nc(O)c([N+](=O)[O-])c2ccsc12. The molecule has 0 aliphatic carbocycles. The van der Waals surface area contributed by atoms with E-state index in [9.17, 15) is 15.2 Å². The summed E-state index contributed by atoms with van der Waals surface area (Å²) in [6.45, 7) is 1.71. The highest BCUT2D eigenvalue weighted by molar-refractivity contribution is 7.17. The summed E-state index contributed by atoms with van der Waals surface area (Å²) in [6, 6.07) is 1.62. The molecule has 2 aromatic heterocycles. The largest absolute Gasteiger partial charge is 0.488 e. The number of aromatic hydroxyl groups is 1. The maximum absolute atomic E-state index is 10.7. The summed E-state index contributed by atoms with van der Waals surface area (Å²) in [5.74, 6) is -0.515. The molecule has 0 unspecified atom stereocenters. The fraction of sp³-hybridized carbons (Fsp3) is 0.125. The topological polar surface area (TPSA) is 76.3 Å². The second kappa shape index (κ2) is 2.91. The Bertz CT molecular complexity index is 521. The molecule has 0 amide bonds. The molecule has 0 radical (unpaired) electrons. The summed E-state index contributed by atoms with van der Waals surface area (Å²) in [6.07, 6.45) is 0. The zero-order valence-electron chi connectivity index (χ0n) is 7.22. The first-order valence-electron chi connectivity index (χ1n) is 3.82. The van der Waals surface area contributed by atoms with Gasteiger partial charge in [-0.25, -0.2) is 4.98 Å². The monoisotopic (exact) mass is 210 g/mol. The first-order chi connectivity index (χ1) is 6.61. The lowest BCUT2D eigenvalue weighted by atomic mass is 10.2. The molecule has 2 rings (SSSR count). The summed E-state index contributed by atoms with van der Waals surface area (Å²) >= 11 is 1.38. The van der Waals surface area contributed by atoms with E-state index in [1.807, 2.05) is 0 Å². The second-order valence-electron chi connectivity index (χ2n) is 2.79. The Labute approximate surface area is 82.8 Å². The van der Waals surface area contributed by atoms with Crippen LogP contribution in [0.15, 0.2) is 11.4 Å². The molecule has 0 spiro atoms. The molecule has 0 aliphatic rings. The van der Waals surface area contributed by atoms with E-state index in [-0.39, 0.29) is 5.69 Å². The van der Waals surface area contributed by atoms with Crippen molar-refractivity contribution in [2.24, 2.45) is 0 Å². The highest BCUT2D eigenvalue weighted by atomic mass is 32.1. The van der Waals surface area contributed by atoms with Crippen molar-refractivity contribution in [3.05, 3.63) is 27.3 Å². The van der Waals surface area contributed by atoms with Crippen LogP contribution < -0.4 is 0 Å². The Morgan fingerprint density at radius 3 is 3.00 bits per heavy atom. The van der Waals surface area contributed by atoms with Crippen molar-refractivity contribution in [3.63, 3.8) is 0 Å². The van der Waals surface area contributed by atoms with E-state index in [0.29, 0.717) is 11.1 Å². The number of thiophene rings is 1. The molecule has 72 valence electrons. The molecule has 14 heavy (non-hydrogen) atoms. The molecule has 2 aromatic rings. The van der Waals surface area contributed by atoms with E-state index in [0.717, 1.165) is 4.70 Å². The average Bonchev–Trinajstić information content (AvgIpc) is 2.51. The van der Waals surface area contributed by atoms with Gasteiger partial charge >= 0.3 is 5.69 Å². The minimum absolute atomic E-state index is 0.313. The Morgan fingerprint density at radius 1 is 1.64 bits per heavy atom. The number of hydrogen-bond acceptors (Lipinski definition) is 5. The molecule has 0 bridgehead atoms. The quantitative estimate of drug-likeness (QED) is 0.578. The lowest BCUT2D eigenvalue weighted by Crippen LogP contribution is -1.92. The van der Waals surface area contributed by atoms with Gasteiger partial charge < -0.3 is 5.11 Å². The number of fused-ring (bicyclic) bond motifs is 1. The maximum Gasteiger partial charge on any atom is 0.339 e. The molecular formula is C8H6N2O3S. The van der Waals surface area contributed by atoms with Crippen molar-refractivity contribution in [1.29, 1.82) is 0 Å². The number of nitrogens with zero attached hydrogens (tertiary/aromatic N) is 2. The lowest BCUT2D eigenvalue weighted by molar-refractivity contribution is -0.384. The van der Waals surface area contributed by atoms with Gasteiger partial charge in [0.25, 0.3) is 5.88 Å². The fourth-order valence-electron chi connectivity index (χ4n) is 1.34. The van der Waals surface area contributed by atoms with Crippen LogP contribution in [0.2, 0.25) is 0 Å². The molecule has 1 N–H and O–H groups in total. The van der Waals surface area contributed by atoms with Crippen LogP contribution in [0.1, 0.15) is 5.69 Å². The van der Waals surface area contributed by atoms with Crippen molar-refractivity contribution in [2.75, 3.05) is 0 Å². The summed E-state index contributed by atoms with van der Waals surface area (Å²) in [5, 5.41) is 22.2. The zero-order valence-corrected chi connectivity index (χ0v) is 8.04. The Kier molecular flexibility index (Phi) is 1.85. The summed E-state index contributed by atoms with van der Waals surface area (Å²) in [7, 11) is 0. The van der Waals surface area contributed by atoms with Crippen LogP contribution in [0.3, 0.4) is 0 Å². The number of nitro groups is 1. The predicted molar refractivity (Wildman–Crippen MR) is 52.7 cm³/mol. The van der Waals surface area contributed by atoms with Crippen LogP contribution in [-0.2, 0) is 0 Å². The van der Waals surface area contributed by atoms with Crippen LogP contribution in [0.25, 0.3) is 10.1 Å². The normalized spacial score (nSPS) is 10.6. The van der Waals surface area contributed by atoms with Crippen LogP contribution in [0.4, 0.5) is 5.69 Å². The average molecular weight is 210 g/mol. The van der Waals surface area contributed by atoms with Gasteiger partial charge in [0.05, 0.1) is 20.7 Å². The van der Waals surface area contributed by atoms with Crippen molar-refractivity contribution in [3.8, 4) is 5.88 Å². The molecule has 0 aliphatic heterocycles. The van der Waals surface area contributed by atoms with E-state index >= 15 is 0 Å². The third-order valence-electron chi connectivity index (χ3n) is 1.92. The molecular weight excluding hydrogens is 204 g/mol. The zero-order chi connectivity index (χ0) is 10.3. The summed E-state index contributed by atoms with van der Waals surface area (Å²) < 4.78 is 0.745. The summed E-state index contributed by atoms with van der Waals surface area (Å²) in [4.78, 5) is 13.8. The van der Waals surface area contributed by atoms with Crippen LogP contribution in [0.5, 0.6) is 5.88 Å². The highest BCUT2D eigenvalue weighted by Gasteiger charge is 2.21. The van der Waals surface area contributed by atoms with Gasteiger partial charge in [-0.15, -0.1) is 11.3 Å². The van der Waals surface area contributed by atoms with Crippen molar-refractivity contribution in [1.82, 2.24) is 4.98 Å². The number of aromatic nitrogens is 1. The number of hydrogen-bond donors (Lipinski definition) is 1. The number of pyridine rings is 1.